The Morgan fingerprint density at radius 3 is 2.06 bits per heavy atom. The number of hydrogen-bond donors (Lipinski definition) is 1. The number of anilines is 1. The summed E-state index contributed by atoms with van der Waals surface area (Å²) in [6.45, 7) is 8.67. The second-order valence-corrected chi connectivity index (χ2v) is 8.68. The van der Waals surface area contributed by atoms with Gasteiger partial charge in [0.15, 0.2) is 0 Å². The zero-order chi connectivity index (χ0) is 22.1. The summed E-state index contributed by atoms with van der Waals surface area (Å²) in [5, 5.41) is 3.04. The fourth-order valence-corrected chi connectivity index (χ4v) is 4.19. The van der Waals surface area contributed by atoms with E-state index in [0.717, 1.165) is 33.7 Å². The molecule has 0 spiro atoms. The van der Waals surface area contributed by atoms with Crippen LogP contribution in [0.3, 0.4) is 0 Å². The molecule has 0 unspecified atom stereocenters. The quantitative estimate of drug-likeness (QED) is 0.455. The van der Waals surface area contributed by atoms with Gasteiger partial charge in [0.25, 0.3) is 5.91 Å². The van der Waals surface area contributed by atoms with E-state index in [4.69, 9.17) is 4.74 Å². The number of hydrogen-bond acceptors (Lipinski definition) is 2. The molecule has 0 radical (unpaired) electrons. The zero-order valence-corrected chi connectivity index (χ0v) is 18.8. The van der Waals surface area contributed by atoms with Gasteiger partial charge in [-0.3, -0.25) is 4.79 Å². The summed E-state index contributed by atoms with van der Waals surface area (Å²) < 4.78 is 5.76. The minimum atomic E-state index is -0.0618. The van der Waals surface area contributed by atoms with Crippen LogP contribution in [0.4, 0.5) is 5.69 Å². The number of ether oxygens (including phenoxy) is 1. The molecular formula is C28H29NO2. The summed E-state index contributed by atoms with van der Waals surface area (Å²) >= 11 is 0. The topological polar surface area (TPSA) is 38.3 Å². The molecule has 0 atom stereocenters. The summed E-state index contributed by atoms with van der Waals surface area (Å²) in [5.41, 5.74) is 8.08. The summed E-state index contributed by atoms with van der Waals surface area (Å²) in [6.07, 6.45) is 2.00. The molecule has 1 N–H and O–H groups in total. The Bertz CT molecular complexity index is 1130. The molecule has 4 rings (SSSR count). The second-order valence-electron chi connectivity index (χ2n) is 8.68. The molecule has 0 fully saturated rings. The number of fused-ring (bicyclic) bond motifs is 1. The van der Waals surface area contributed by atoms with E-state index in [-0.39, 0.29) is 5.91 Å². The largest absolute Gasteiger partial charge is 0.496 e. The van der Waals surface area contributed by atoms with Crippen LogP contribution in [-0.2, 0) is 4.79 Å². The molecule has 1 aliphatic heterocycles. The van der Waals surface area contributed by atoms with E-state index in [0.29, 0.717) is 17.4 Å². The maximum atomic E-state index is 12.8. The highest BCUT2D eigenvalue weighted by molar-refractivity contribution is 6.35. The molecule has 1 amide bonds. The maximum absolute atomic E-state index is 12.8. The molecule has 3 heteroatoms. The fraction of sp³-hybridized carbons (Fsp3) is 0.250. The lowest BCUT2D eigenvalue weighted by molar-refractivity contribution is -0.110. The highest BCUT2D eigenvalue weighted by Gasteiger charge is 2.25. The summed E-state index contributed by atoms with van der Waals surface area (Å²) in [4.78, 5) is 12.8. The standard InChI is InChI=1S/C28H29NO2/c1-17(2)23-13-19(14-24(18(3)4)27(23)31-5)15-25-22-12-11-21(16-26(22)29-28(25)30)20-9-7-6-8-10-20/h6-18H,1-5H3,(H,29,30)/b25-15+. The van der Waals surface area contributed by atoms with E-state index in [1.807, 2.05) is 30.3 Å². The van der Waals surface area contributed by atoms with Crippen LogP contribution in [0.1, 0.15) is 61.8 Å². The van der Waals surface area contributed by atoms with Crippen molar-refractivity contribution < 1.29 is 9.53 Å². The molecule has 0 saturated carbocycles. The lowest BCUT2D eigenvalue weighted by Crippen LogP contribution is -2.04. The number of benzene rings is 3. The van der Waals surface area contributed by atoms with E-state index >= 15 is 0 Å². The lowest BCUT2D eigenvalue weighted by Gasteiger charge is -2.19. The lowest BCUT2D eigenvalue weighted by atomic mass is 9.90. The Morgan fingerprint density at radius 1 is 0.839 bits per heavy atom. The normalized spacial score (nSPS) is 14.3. The number of carbonyl (C=O) groups is 1. The fourth-order valence-electron chi connectivity index (χ4n) is 4.19. The van der Waals surface area contributed by atoms with Gasteiger partial charge < -0.3 is 10.1 Å². The van der Waals surface area contributed by atoms with E-state index in [9.17, 15) is 4.79 Å². The highest BCUT2D eigenvalue weighted by Crippen LogP contribution is 2.39. The van der Waals surface area contributed by atoms with Crippen LogP contribution in [0, 0.1) is 0 Å². The van der Waals surface area contributed by atoms with Crippen LogP contribution in [0.15, 0.2) is 60.7 Å². The van der Waals surface area contributed by atoms with E-state index in [1.54, 1.807) is 7.11 Å². The average Bonchev–Trinajstić information content (AvgIpc) is 3.07. The predicted molar refractivity (Wildman–Crippen MR) is 130 cm³/mol. The van der Waals surface area contributed by atoms with Crippen molar-refractivity contribution in [2.24, 2.45) is 0 Å². The Labute approximate surface area is 184 Å². The Kier molecular flexibility index (Phi) is 5.69. The van der Waals surface area contributed by atoms with Gasteiger partial charge in [-0.25, -0.2) is 0 Å². The Morgan fingerprint density at radius 2 is 1.48 bits per heavy atom. The van der Waals surface area contributed by atoms with Crippen LogP contribution in [-0.4, -0.2) is 13.0 Å². The van der Waals surface area contributed by atoms with Gasteiger partial charge in [0.2, 0.25) is 0 Å². The van der Waals surface area contributed by atoms with Gasteiger partial charge in [0.05, 0.1) is 7.11 Å². The van der Waals surface area contributed by atoms with Gasteiger partial charge in [-0.15, -0.1) is 0 Å². The third-order valence-corrected chi connectivity index (χ3v) is 5.84. The third-order valence-electron chi connectivity index (χ3n) is 5.84. The number of amides is 1. The molecule has 1 aliphatic rings. The highest BCUT2D eigenvalue weighted by atomic mass is 16.5. The average molecular weight is 412 g/mol. The van der Waals surface area contributed by atoms with Gasteiger partial charge in [0.1, 0.15) is 5.75 Å². The molecule has 31 heavy (non-hydrogen) atoms. The third kappa shape index (κ3) is 4.00. The van der Waals surface area contributed by atoms with Crippen molar-refractivity contribution in [2.75, 3.05) is 12.4 Å². The minimum absolute atomic E-state index is 0.0618. The van der Waals surface area contributed by atoms with E-state index in [1.165, 1.54) is 11.1 Å². The molecule has 3 aromatic rings. The number of carbonyl (C=O) groups excluding carboxylic acids is 1. The van der Waals surface area contributed by atoms with Crippen molar-refractivity contribution in [3.63, 3.8) is 0 Å². The van der Waals surface area contributed by atoms with Crippen LogP contribution in [0.5, 0.6) is 5.75 Å². The first-order chi connectivity index (χ1) is 14.9. The zero-order valence-electron chi connectivity index (χ0n) is 18.8. The monoisotopic (exact) mass is 411 g/mol. The molecule has 158 valence electrons. The van der Waals surface area contributed by atoms with Crippen molar-refractivity contribution >= 4 is 23.2 Å². The number of methoxy groups -OCH3 is 1. The first kappa shape index (κ1) is 20.9. The van der Waals surface area contributed by atoms with Crippen LogP contribution >= 0.6 is 0 Å². The van der Waals surface area contributed by atoms with Crippen molar-refractivity contribution in [3.05, 3.63) is 82.9 Å². The molecule has 0 aromatic heterocycles. The van der Waals surface area contributed by atoms with Crippen molar-refractivity contribution in [1.29, 1.82) is 0 Å². The molecular weight excluding hydrogens is 382 g/mol. The molecule has 1 heterocycles. The van der Waals surface area contributed by atoms with Crippen LogP contribution in [0.2, 0.25) is 0 Å². The van der Waals surface area contributed by atoms with Gasteiger partial charge >= 0.3 is 0 Å². The van der Waals surface area contributed by atoms with Gasteiger partial charge in [0, 0.05) is 16.8 Å². The van der Waals surface area contributed by atoms with Gasteiger partial charge in [-0.1, -0.05) is 70.2 Å². The van der Waals surface area contributed by atoms with E-state index < -0.39 is 0 Å². The molecule has 0 aliphatic carbocycles. The first-order valence-electron chi connectivity index (χ1n) is 10.8. The van der Waals surface area contributed by atoms with Crippen molar-refractivity contribution in [1.82, 2.24) is 0 Å². The van der Waals surface area contributed by atoms with Crippen molar-refractivity contribution in [2.45, 2.75) is 39.5 Å². The van der Waals surface area contributed by atoms with Crippen LogP contribution < -0.4 is 10.1 Å². The smallest absolute Gasteiger partial charge is 0.256 e. The first-order valence-corrected chi connectivity index (χ1v) is 10.8. The predicted octanol–water partition coefficient (Wildman–Crippen LogP) is 7.10. The Balaban J connectivity index is 1.79. The molecule has 0 bridgehead atoms. The van der Waals surface area contributed by atoms with Crippen molar-refractivity contribution in [3.8, 4) is 16.9 Å². The maximum Gasteiger partial charge on any atom is 0.256 e. The van der Waals surface area contributed by atoms with E-state index in [2.05, 4.69) is 69.4 Å². The second kappa shape index (κ2) is 8.43. The molecule has 3 nitrogen and oxygen atoms in total. The van der Waals surface area contributed by atoms with Crippen LogP contribution in [0.25, 0.3) is 22.8 Å². The van der Waals surface area contributed by atoms with Gasteiger partial charge in [-0.05, 0) is 63.9 Å². The molecule has 0 saturated heterocycles. The Hall–Kier alpha value is -3.33. The summed E-state index contributed by atoms with van der Waals surface area (Å²) in [6, 6.07) is 20.7. The number of rotatable bonds is 5. The number of nitrogens with one attached hydrogen (secondary N) is 1. The minimum Gasteiger partial charge on any atom is -0.496 e. The summed E-state index contributed by atoms with van der Waals surface area (Å²) in [5.74, 6) is 1.54. The SMILES string of the molecule is COc1c(C(C)C)cc(/C=C2/C(=O)Nc3cc(-c4ccccc4)ccc32)cc1C(C)C. The summed E-state index contributed by atoms with van der Waals surface area (Å²) in [7, 11) is 1.73. The van der Waals surface area contributed by atoms with Gasteiger partial charge in [-0.2, -0.15) is 0 Å². The molecule has 3 aromatic carbocycles.